The number of likely N-dealkylation sites (tertiary alicyclic amines) is 1. The van der Waals surface area contributed by atoms with Gasteiger partial charge in [-0.05, 0) is 48.1 Å². The summed E-state index contributed by atoms with van der Waals surface area (Å²) < 4.78 is 58.6. The predicted octanol–water partition coefficient (Wildman–Crippen LogP) is 2.62. The van der Waals surface area contributed by atoms with Crippen LogP contribution >= 0.6 is 11.6 Å². The second-order valence-corrected chi connectivity index (χ2v) is 12.9. The lowest BCUT2D eigenvalue weighted by atomic mass is 9.94. The lowest BCUT2D eigenvalue weighted by Gasteiger charge is -2.35. The van der Waals surface area contributed by atoms with Crippen molar-refractivity contribution < 1.29 is 46.3 Å². The zero-order chi connectivity index (χ0) is 32.7. The predicted molar refractivity (Wildman–Crippen MR) is 149 cm³/mol. The highest BCUT2D eigenvalue weighted by molar-refractivity contribution is 6.30. The average molecular weight is 647 g/mol. The van der Waals surface area contributed by atoms with E-state index in [1.165, 1.54) is 30.9 Å². The molecule has 6 atom stereocenters. The van der Waals surface area contributed by atoms with Crippen LogP contribution in [-0.4, -0.2) is 78.3 Å². The van der Waals surface area contributed by atoms with Crippen LogP contribution in [0.3, 0.4) is 0 Å². The zero-order valence-corrected chi connectivity index (χ0v) is 25.4. The summed E-state index contributed by atoms with van der Waals surface area (Å²) in [6.45, 7) is 6.52. The van der Waals surface area contributed by atoms with Crippen molar-refractivity contribution in [1.29, 1.82) is 0 Å². The Hall–Kier alpha value is -3.42. The number of carbonyl (C=O) groups excluding carboxylic acids is 5. The molecule has 0 bridgehead atoms. The Kier molecular flexibility index (Phi) is 9.53. The van der Waals surface area contributed by atoms with Crippen molar-refractivity contribution in [2.24, 2.45) is 29.1 Å². The van der Waals surface area contributed by atoms with E-state index in [2.05, 4.69) is 10.6 Å². The number of rotatable bonds is 11. The minimum Gasteiger partial charge on any atom is -0.483 e. The number of amides is 4. The summed E-state index contributed by atoms with van der Waals surface area (Å²) >= 11 is 5.89. The van der Waals surface area contributed by atoms with Crippen LogP contribution in [-0.2, 0) is 24.0 Å². The van der Waals surface area contributed by atoms with Gasteiger partial charge in [-0.1, -0.05) is 39.3 Å². The van der Waals surface area contributed by atoms with Crippen molar-refractivity contribution in [2.75, 3.05) is 19.7 Å². The third-order valence-corrected chi connectivity index (χ3v) is 9.12. The van der Waals surface area contributed by atoms with Gasteiger partial charge in [0.25, 0.3) is 0 Å². The van der Waals surface area contributed by atoms with E-state index in [1.807, 2.05) is 13.8 Å². The fraction of sp³-hybridized carbons (Fsp3) is 0.621. The molecule has 15 heteroatoms. The Balaban J connectivity index is 1.55. The molecule has 44 heavy (non-hydrogen) atoms. The maximum atomic E-state index is 14.2. The molecule has 10 nitrogen and oxygen atoms in total. The Morgan fingerprint density at radius 1 is 1.18 bits per heavy atom. The van der Waals surface area contributed by atoms with Crippen LogP contribution < -0.4 is 20.7 Å². The molecule has 4 rings (SSSR count). The topological polar surface area (TPSA) is 134 Å². The molecule has 4 amide bonds. The van der Waals surface area contributed by atoms with Gasteiger partial charge in [0.2, 0.25) is 17.7 Å². The van der Waals surface area contributed by atoms with Gasteiger partial charge in [-0.2, -0.15) is 13.2 Å². The van der Waals surface area contributed by atoms with E-state index in [-0.39, 0.29) is 46.9 Å². The van der Waals surface area contributed by atoms with E-state index in [1.54, 1.807) is 5.32 Å². The summed E-state index contributed by atoms with van der Waals surface area (Å²) in [4.78, 5) is 66.0. The van der Waals surface area contributed by atoms with Crippen molar-refractivity contribution in [3.05, 3.63) is 29.0 Å². The second kappa shape index (κ2) is 12.5. The molecule has 0 radical (unpaired) electrons. The fourth-order valence-corrected chi connectivity index (χ4v) is 6.41. The van der Waals surface area contributed by atoms with E-state index in [9.17, 15) is 41.5 Å². The number of ketones is 1. The Labute approximate surface area is 256 Å². The third-order valence-electron chi connectivity index (χ3n) is 8.89. The van der Waals surface area contributed by atoms with Gasteiger partial charge in [-0.25, -0.2) is 4.39 Å². The third kappa shape index (κ3) is 6.94. The first-order valence-corrected chi connectivity index (χ1v) is 14.7. The molecule has 2 aliphatic heterocycles. The molecule has 242 valence electrons. The standard InChI is InChI=1S/C29H35ClF4N4O6/c1-13(2)22(37-27(43)29(32,33)34)26(42)38-11-16-21(28(16,3)4)23(38)25(41)36-18(9-14-7-8-35-24(14)40)19(39)12-44-20-10-15(30)5-6-17(20)31/h5-6,10,13-14,16,18,21-23H,7-9,11-12H2,1-4H3,(H,35,40)(H,36,41)(H,37,43)/t14-,16-,18-,21-,22-,23-/m0/s1. The molecule has 3 aliphatic rings. The van der Waals surface area contributed by atoms with Crippen LogP contribution in [0.15, 0.2) is 18.2 Å². The lowest BCUT2D eigenvalue weighted by Crippen LogP contribution is -2.59. The number of alkyl halides is 3. The quantitative estimate of drug-likeness (QED) is 0.317. The van der Waals surface area contributed by atoms with Gasteiger partial charge in [0.15, 0.2) is 17.3 Å². The highest BCUT2D eigenvalue weighted by atomic mass is 35.5. The van der Waals surface area contributed by atoms with Gasteiger partial charge >= 0.3 is 12.1 Å². The van der Waals surface area contributed by atoms with Crippen LogP contribution in [0, 0.1) is 34.9 Å². The number of fused-ring (bicyclic) bond motifs is 1. The second-order valence-electron chi connectivity index (χ2n) is 12.5. The van der Waals surface area contributed by atoms with E-state index >= 15 is 0 Å². The molecule has 3 N–H and O–H groups in total. The molecular formula is C29H35ClF4N4O6. The minimum absolute atomic E-state index is 0.0699. The molecule has 1 saturated carbocycles. The molecule has 2 heterocycles. The summed E-state index contributed by atoms with van der Waals surface area (Å²) in [5.74, 6) is -7.72. The monoisotopic (exact) mass is 646 g/mol. The number of nitrogens with zero attached hydrogens (tertiary/aromatic N) is 1. The van der Waals surface area contributed by atoms with E-state index < -0.39 is 72.1 Å². The molecule has 1 aliphatic carbocycles. The molecular weight excluding hydrogens is 612 g/mol. The molecule has 0 aromatic heterocycles. The number of nitrogens with one attached hydrogen (secondary N) is 3. The summed E-state index contributed by atoms with van der Waals surface area (Å²) in [5.41, 5.74) is -0.376. The highest BCUT2D eigenvalue weighted by Crippen LogP contribution is 2.65. The van der Waals surface area contributed by atoms with Crippen LogP contribution in [0.25, 0.3) is 0 Å². The molecule has 0 unspecified atom stereocenters. The van der Waals surface area contributed by atoms with Crippen LogP contribution in [0.1, 0.15) is 40.5 Å². The van der Waals surface area contributed by atoms with Crippen LogP contribution in [0.4, 0.5) is 17.6 Å². The number of ether oxygens (including phenoxy) is 1. The first-order valence-electron chi connectivity index (χ1n) is 14.3. The Bertz CT molecular complexity index is 1340. The largest absolute Gasteiger partial charge is 0.483 e. The van der Waals surface area contributed by atoms with Crippen LogP contribution in [0.2, 0.25) is 5.02 Å². The van der Waals surface area contributed by atoms with Crippen molar-refractivity contribution >= 4 is 41.0 Å². The van der Waals surface area contributed by atoms with Gasteiger partial charge in [0.05, 0.1) is 6.04 Å². The highest BCUT2D eigenvalue weighted by Gasteiger charge is 2.69. The normalized spacial score (nSPS) is 25.1. The Morgan fingerprint density at radius 3 is 2.45 bits per heavy atom. The van der Waals surface area contributed by atoms with Crippen molar-refractivity contribution in [2.45, 2.75) is 64.8 Å². The number of hydrogen-bond acceptors (Lipinski definition) is 6. The number of halogens is 5. The molecule has 3 fully saturated rings. The van der Waals surface area contributed by atoms with Crippen LogP contribution in [0.5, 0.6) is 5.75 Å². The summed E-state index contributed by atoms with van der Waals surface area (Å²) in [6, 6.07) is -0.422. The number of hydrogen-bond donors (Lipinski definition) is 3. The SMILES string of the molecule is CC(C)[C@H](NC(=O)C(F)(F)F)C(=O)N1C[C@H]2[C@@H]([C@H]1C(=O)N[C@@H](C[C@@H]1CCNC1=O)C(=O)COc1cc(Cl)ccc1F)C2(C)C. The van der Waals surface area contributed by atoms with Gasteiger partial charge in [-0.15, -0.1) is 0 Å². The summed E-state index contributed by atoms with van der Waals surface area (Å²) in [7, 11) is 0. The van der Waals surface area contributed by atoms with Crippen molar-refractivity contribution in [3.8, 4) is 5.75 Å². The smallest absolute Gasteiger partial charge is 0.471 e. The van der Waals surface area contributed by atoms with E-state index in [0.29, 0.717) is 13.0 Å². The van der Waals surface area contributed by atoms with Gasteiger partial charge in [0, 0.05) is 30.1 Å². The Morgan fingerprint density at radius 2 is 1.86 bits per heavy atom. The first-order chi connectivity index (χ1) is 20.4. The number of benzene rings is 1. The zero-order valence-electron chi connectivity index (χ0n) is 24.6. The summed E-state index contributed by atoms with van der Waals surface area (Å²) in [5, 5.41) is 7.24. The molecule has 0 spiro atoms. The fourth-order valence-electron chi connectivity index (χ4n) is 6.25. The van der Waals surface area contributed by atoms with E-state index in [4.69, 9.17) is 16.3 Å². The van der Waals surface area contributed by atoms with Gasteiger partial charge in [-0.3, -0.25) is 24.0 Å². The van der Waals surface area contributed by atoms with Crippen molar-refractivity contribution in [3.63, 3.8) is 0 Å². The molecule has 2 saturated heterocycles. The molecule has 1 aromatic rings. The van der Waals surface area contributed by atoms with Gasteiger partial charge in [0.1, 0.15) is 18.7 Å². The number of carbonyl (C=O) groups is 5. The maximum Gasteiger partial charge on any atom is 0.471 e. The molecule has 1 aromatic carbocycles. The lowest BCUT2D eigenvalue weighted by molar-refractivity contribution is -0.175. The summed E-state index contributed by atoms with van der Waals surface area (Å²) in [6.07, 6.45) is -4.90. The maximum absolute atomic E-state index is 14.2. The van der Waals surface area contributed by atoms with E-state index in [0.717, 1.165) is 6.07 Å². The average Bonchev–Trinajstić information content (AvgIpc) is 3.27. The minimum atomic E-state index is -5.21. The number of Topliss-reactive ketones (excluding diaryl/α,β-unsaturated/α-hetero) is 1. The van der Waals surface area contributed by atoms with Crippen molar-refractivity contribution in [1.82, 2.24) is 20.9 Å². The van der Waals surface area contributed by atoms with Gasteiger partial charge < -0.3 is 25.6 Å². The number of piperidine rings is 1. The first kappa shape index (κ1) is 33.5.